The third kappa shape index (κ3) is 3.32. The number of hydrogen-bond acceptors (Lipinski definition) is 4. The second-order valence-corrected chi connectivity index (χ2v) is 4.89. The van der Waals surface area contributed by atoms with E-state index in [0.717, 1.165) is 17.0 Å². The fourth-order valence-corrected chi connectivity index (χ4v) is 2.20. The van der Waals surface area contributed by atoms with Crippen molar-refractivity contribution in [3.63, 3.8) is 0 Å². The molecule has 3 aromatic rings. The smallest absolute Gasteiger partial charge is 0.132 e. The van der Waals surface area contributed by atoms with E-state index >= 15 is 0 Å². The number of ether oxygens (including phenoxy) is 1. The Labute approximate surface area is 128 Å². The molecule has 0 fully saturated rings. The molecule has 0 atom stereocenters. The molecule has 2 aromatic carbocycles. The maximum atomic E-state index is 9.42. The molecule has 0 spiro atoms. The number of aliphatic hydroxyl groups is 1. The van der Waals surface area contributed by atoms with E-state index in [1.807, 2.05) is 60.7 Å². The number of hydrogen-bond donors (Lipinski definition) is 1. The molecule has 0 unspecified atom stereocenters. The fourth-order valence-electron chi connectivity index (χ4n) is 2.20. The van der Waals surface area contributed by atoms with Crippen molar-refractivity contribution in [1.29, 1.82) is 0 Å². The van der Waals surface area contributed by atoms with Crippen molar-refractivity contribution >= 4 is 0 Å². The summed E-state index contributed by atoms with van der Waals surface area (Å²) in [5.74, 6) is 0.777. The van der Waals surface area contributed by atoms with Gasteiger partial charge < -0.3 is 9.84 Å². The van der Waals surface area contributed by atoms with Crippen molar-refractivity contribution in [3.8, 4) is 5.75 Å². The van der Waals surface area contributed by atoms with Crippen LogP contribution < -0.4 is 4.74 Å². The predicted octanol–water partition coefficient (Wildman–Crippen LogP) is 2.40. The van der Waals surface area contributed by atoms with Gasteiger partial charge in [0.25, 0.3) is 0 Å². The molecule has 0 amide bonds. The van der Waals surface area contributed by atoms with Crippen LogP contribution in [-0.4, -0.2) is 20.1 Å². The average Bonchev–Trinajstić information content (AvgIpc) is 2.96. The molecule has 3 rings (SSSR count). The molecular formula is C17H17N3O2. The van der Waals surface area contributed by atoms with Crippen LogP contribution in [0.1, 0.15) is 17.0 Å². The van der Waals surface area contributed by atoms with Crippen LogP contribution in [0.25, 0.3) is 0 Å². The van der Waals surface area contributed by atoms with Gasteiger partial charge in [-0.15, -0.1) is 5.10 Å². The minimum Gasteiger partial charge on any atom is -0.487 e. The summed E-state index contributed by atoms with van der Waals surface area (Å²) in [5.41, 5.74) is 2.46. The van der Waals surface area contributed by atoms with E-state index in [2.05, 4.69) is 10.3 Å². The van der Waals surface area contributed by atoms with E-state index in [1.165, 1.54) is 0 Å². The van der Waals surface area contributed by atoms with Gasteiger partial charge in [0.1, 0.15) is 23.7 Å². The lowest BCUT2D eigenvalue weighted by Crippen LogP contribution is -2.10. The van der Waals surface area contributed by atoms with E-state index < -0.39 is 0 Å². The lowest BCUT2D eigenvalue weighted by Gasteiger charge is -2.09. The molecule has 0 aliphatic heterocycles. The van der Waals surface area contributed by atoms with Crippen molar-refractivity contribution < 1.29 is 9.84 Å². The van der Waals surface area contributed by atoms with Crippen LogP contribution in [0.3, 0.4) is 0 Å². The molecule has 0 aliphatic rings. The van der Waals surface area contributed by atoms with E-state index in [-0.39, 0.29) is 6.61 Å². The average molecular weight is 295 g/mol. The van der Waals surface area contributed by atoms with Crippen molar-refractivity contribution in [2.24, 2.45) is 0 Å². The highest BCUT2D eigenvalue weighted by atomic mass is 16.5. The minimum absolute atomic E-state index is 0.151. The zero-order valence-corrected chi connectivity index (χ0v) is 12.1. The lowest BCUT2D eigenvalue weighted by molar-refractivity contribution is 0.262. The summed E-state index contributed by atoms with van der Waals surface area (Å²) in [7, 11) is 0. The van der Waals surface area contributed by atoms with Gasteiger partial charge in [0, 0.05) is 0 Å². The summed E-state index contributed by atoms with van der Waals surface area (Å²) < 4.78 is 7.53. The van der Waals surface area contributed by atoms with E-state index in [4.69, 9.17) is 4.74 Å². The largest absolute Gasteiger partial charge is 0.487 e. The maximum Gasteiger partial charge on any atom is 0.132 e. The van der Waals surface area contributed by atoms with Gasteiger partial charge in [0.15, 0.2) is 0 Å². The quantitative estimate of drug-likeness (QED) is 0.758. The van der Waals surface area contributed by atoms with E-state index in [9.17, 15) is 5.11 Å². The van der Waals surface area contributed by atoms with E-state index in [0.29, 0.717) is 18.8 Å². The van der Waals surface area contributed by atoms with Gasteiger partial charge in [0.2, 0.25) is 0 Å². The van der Waals surface area contributed by atoms with Gasteiger partial charge in [-0.1, -0.05) is 53.7 Å². The molecule has 0 saturated carbocycles. The third-order valence-electron chi connectivity index (χ3n) is 3.36. The number of rotatable bonds is 6. The van der Waals surface area contributed by atoms with Gasteiger partial charge in [-0.3, -0.25) is 0 Å². The van der Waals surface area contributed by atoms with Crippen LogP contribution in [0.4, 0.5) is 0 Å². The molecule has 1 heterocycles. The Morgan fingerprint density at radius 1 is 0.955 bits per heavy atom. The normalized spacial score (nSPS) is 10.6. The molecular weight excluding hydrogens is 278 g/mol. The first-order valence-corrected chi connectivity index (χ1v) is 7.10. The van der Waals surface area contributed by atoms with Crippen molar-refractivity contribution in [1.82, 2.24) is 15.0 Å². The summed E-state index contributed by atoms with van der Waals surface area (Å²) in [6.45, 7) is 0.767. The molecule has 1 aromatic heterocycles. The van der Waals surface area contributed by atoms with Crippen LogP contribution in [0.5, 0.6) is 5.75 Å². The number of aromatic nitrogens is 3. The van der Waals surface area contributed by atoms with Gasteiger partial charge >= 0.3 is 0 Å². The Morgan fingerprint density at radius 2 is 1.64 bits per heavy atom. The number of nitrogens with zero attached hydrogens (tertiary/aromatic N) is 3. The number of para-hydroxylation sites is 1. The van der Waals surface area contributed by atoms with Gasteiger partial charge in [-0.25, -0.2) is 4.68 Å². The SMILES string of the molecule is OCc1nnn(Cc2ccccc2)c1COc1ccccc1. The summed E-state index contributed by atoms with van der Waals surface area (Å²) in [6.07, 6.45) is 0. The predicted molar refractivity (Wildman–Crippen MR) is 82.3 cm³/mol. The highest BCUT2D eigenvalue weighted by Crippen LogP contribution is 2.14. The highest BCUT2D eigenvalue weighted by Gasteiger charge is 2.13. The molecule has 0 radical (unpaired) electrons. The van der Waals surface area contributed by atoms with Crippen LogP contribution in [0.15, 0.2) is 60.7 Å². The molecule has 5 nitrogen and oxygen atoms in total. The number of aliphatic hydroxyl groups excluding tert-OH is 1. The summed E-state index contributed by atoms with van der Waals surface area (Å²) in [5, 5.41) is 17.6. The van der Waals surface area contributed by atoms with Crippen molar-refractivity contribution in [2.45, 2.75) is 19.8 Å². The first kappa shape index (κ1) is 14.3. The Hall–Kier alpha value is -2.66. The highest BCUT2D eigenvalue weighted by molar-refractivity contribution is 5.22. The van der Waals surface area contributed by atoms with Crippen molar-refractivity contribution in [3.05, 3.63) is 77.6 Å². The summed E-state index contributed by atoms with van der Waals surface area (Å²) in [6, 6.07) is 19.6. The zero-order valence-electron chi connectivity index (χ0n) is 12.1. The van der Waals surface area contributed by atoms with Crippen LogP contribution in [0, 0.1) is 0 Å². The Morgan fingerprint density at radius 3 is 2.32 bits per heavy atom. The lowest BCUT2D eigenvalue weighted by atomic mass is 10.2. The zero-order chi connectivity index (χ0) is 15.2. The Kier molecular flexibility index (Phi) is 4.46. The standard InChI is InChI=1S/C17H17N3O2/c21-12-16-17(13-22-15-9-5-2-6-10-15)20(19-18-16)11-14-7-3-1-4-8-14/h1-10,21H,11-13H2. The van der Waals surface area contributed by atoms with Crippen molar-refractivity contribution in [2.75, 3.05) is 0 Å². The van der Waals surface area contributed by atoms with Gasteiger partial charge in [-0.2, -0.15) is 0 Å². The van der Waals surface area contributed by atoms with Crippen LogP contribution >= 0.6 is 0 Å². The molecule has 0 aliphatic carbocycles. The first-order valence-electron chi connectivity index (χ1n) is 7.10. The van der Waals surface area contributed by atoms with Gasteiger partial charge in [0.05, 0.1) is 13.2 Å². The second kappa shape index (κ2) is 6.87. The molecule has 0 saturated heterocycles. The monoisotopic (exact) mass is 295 g/mol. The van der Waals surface area contributed by atoms with E-state index in [1.54, 1.807) is 4.68 Å². The first-order chi connectivity index (χ1) is 10.9. The molecule has 22 heavy (non-hydrogen) atoms. The van der Waals surface area contributed by atoms with Gasteiger partial charge in [-0.05, 0) is 17.7 Å². The summed E-state index contributed by atoms with van der Waals surface area (Å²) >= 11 is 0. The molecule has 5 heteroatoms. The minimum atomic E-state index is -0.151. The van der Waals surface area contributed by atoms with Crippen LogP contribution in [-0.2, 0) is 19.8 Å². The fraction of sp³-hybridized carbons (Fsp3) is 0.176. The maximum absolute atomic E-state index is 9.42. The molecule has 1 N–H and O–H groups in total. The Balaban J connectivity index is 1.78. The Bertz CT molecular complexity index is 711. The summed E-state index contributed by atoms with van der Waals surface area (Å²) in [4.78, 5) is 0. The second-order valence-electron chi connectivity index (χ2n) is 4.89. The molecule has 0 bridgehead atoms. The topological polar surface area (TPSA) is 60.2 Å². The number of benzene rings is 2. The third-order valence-corrected chi connectivity index (χ3v) is 3.36. The van der Waals surface area contributed by atoms with Crippen LogP contribution in [0.2, 0.25) is 0 Å². The molecule has 112 valence electrons.